The van der Waals surface area contributed by atoms with Crippen molar-refractivity contribution >= 4 is 63.9 Å². The van der Waals surface area contributed by atoms with E-state index in [4.69, 9.17) is 27.9 Å². The Kier molecular flexibility index (Phi) is 8.46. The van der Waals surface area contributed by atoms with E-state index in [1.165, 1.54) is 61.7 Å². The number of nitro benzene ring substituents is 1. The Balaban J connectivity index is 1.32. The Labute approximate surface area is 316 Å². The summed E-state index contributed by atoms with van der Waals surface area (Å²) in [6.07, 6.45) is 1.75. The first-order valence-corrected chi connectivity index (χ1v) is 17.7. The smallest absolute Gasteiger partial charge is 0.269 e. The van der Waals surface area contributed by atoms with E-state index >= 15 is 9.18 Å². The summed E-state index contributed by atoms with van der Waals surface area (Å²) in [6.45, 7) is 0. The third-order valence-corrected chi connectivity index (χ3v) is 11.8. The van der Waals surface area contributed by atoms with Gasteiger partial charge in [-0.25, -0.2) is 4.39 Å². The number of halogens is 3. The van der Waals surface area contributed by atoms with Crippen molar-refractivity contribution in [1.82, 2.24) is 5.01 Å². The van der Waals surface area contributed by atoms with E-state index < -0.39 is 75.1 Å². The Morgan fingerprint density at radius 2 is 1.67 bits per heavy atom. The summed E-state index contributed by atoms with van der Waals surface area (Å²) >= 11 is 12.6. The maximum absolute atomic E-state index is 15.4. The first-order valence-electron chi connectivity index (χ1n) is 16.9. The molecule has 0 radical (unpaired) electrons. The van der Waals surface area contributed by atoms with E-state index in [1.54, 1.807) is 30.3 Å². The van der Waals surface area contributed by atoms with Crippen molar-refractivity contribution in [3.8, 4) is 11.5 Å². The second-order valence-corrected chi connectivity index (χ2v) is 14.5. The number of ether oxygens (including phenoxy) is 1. The van der Waals surface area contributed by atoms with Crippen molar-refractivity contribution < 1.29 is 38.3 Å². The normalized spacial score (nSPS) is 25.9. The lowest BCUT2D eigenvalue weighted by atomic mass is 9.49. The highest BCUT2D eigenvalue weighted by Gasteiger charge is 2.70. The number of anilines is 2. The van der Waals surface area contributed by atoms with Crippen LogP contribution in [0.4, 0.5) is 21.5 Å². The number of aromatic hydroxyl groups is 1. The van der Waals surface area contributed by atoms with Crippen molar-refractivity contribution in [2.75, 3.05) is 17.4 Å². The van der Waals surface area contributed by atoms with Crippen molar-refractivity contribution in [1.29, 1.82) is 0 Å². The number of benzene rings is 4. The van der Waals surface area contributed by atoms with E-state index in [-0.39, 0.29) is 40.5 Å². The fourth-order valence-electron chi connectivity index (χ4n) is 8.93. The highest BCUT2D eigenvalue weighted by molar-refractivity contribution is 6.36. The van der Waals surface area contributed by atoms with Crippen LogP contribution in [0.15, 0.2) is 96.6 Å². The molecule has 4 aromatic carbocycles. The Hall–Kier alpha value is -5.79. The molecule has 15 heteroatoms. The first-order chi connectivity index (χ1) is 25.9. The van der Waals surface area contributed by atoms with Crippen molar-refractivity contribution in [3.05, 3.63) is 134 Å². The fraction of sp³-hybridized carbons (Fsp3) is 0.231. The molecule has 0 unspecified atom stereocenters. The average molecular weight is 772 g/mol. The number of imide groups is 2. The van der Waals surface area contributed by atoms with E-state index in [9.17, 15) is 29.6 Å². The lowest BCUT2D eigenvalue weighted by Crippen LogP contribution is -2.53. The number of para-hydroxylation sites is 1. The van der Waals surface area contributed by atoms with Crippen molar-refractivity contribution in [3.63, 3.8) is 0 Å². The Bertz CT molecular complexity index is 2320. The monoisotopic (exact) mass is 770 g/mol. The number of carbonyl (C=O) groups excluding carboxylic acids is 4. The number of amides is 4. The number of nitrogens with one attached hydrogen (secondary N) is 1. The molecular formula is C39H29Cl2FN4O8. The molecule has 0 spiro atoms. The first kappa shape index (κ1) is 35.3. The quantitative estimate of drug-likeness (QED) is 0.0878. The van der Waals surface area contributed by atoms with Gasteiger partial charge in [-0.05, 0) is 72.9 Å². The number of hydrazine groups is 1. The van der Waals surface area contributed by atoms with Gasteiger partial charge < -0.3 is 9.84 Å². The number of nitro groups is 1. The third kappa shape index (κ3) is 5.09. The van der Waals surface area contributed by atoms with Gasteiger partial charge in [0.05, 0.1) is 51.6 Å². The zero-order chi connectivity index (χ0) is 38.2. The molecular weight excluding hydrogens is 742 g/mol. The maximum Gasteiger partial charge on any atom is 0.269 e. The van der Waals surface area contributed by atoms with Crippen LogP contribution in [0.3, 0.4) is 0 Å². The lowest BCUT2D eigenvalue weighted by Gasteiger charge is -2.50. The molecule has 4 amide bonds. The van der Waals surface area contributed by atoms with Crippen LogP contribution >= 0.6 is 23.2 Å². The van der Waals surface area contributed by atoms with Gasteiger partial charge in [0, 0.05) is 28.6 Å². The van der Waals surface area contributed by atoms with Gasteiger partial charge in [0.1, 0.15) is 5.75 Å². The topological polar surface area (TPSA) is 159 Å². The summed E-state index contributed by atoms with van der Waals surface area (Å²) in [7, 11) is 1.48. The molecule has 2 aliphatic heterocycles. The summed E-state index contributed by atoms with van der Waals surface area (Å²) in [6, 6.07) is 20.0. The molecule has 12 nitrogen and oxygen atoms in total. The minimum atomic E-state index is -1.81. The standard InChI is InChI=1S/C39H29Cl2FN4O8/c1-54-23-12-5-19(6-13-23)39-28(36(49)45(38(39)51)43-31-16-7-20(40)17-29(31)41)18-27-24(33(39)26-3-2-4-30(42)34(26)47)14-15-25-32(27)37(50)44(35(25)48)21-8-10-22(11-9-21)46(52)53/h2-14,16-17,25,27-28,32-33,43,47H,15,18H2,1H3/t25-,27+,28-,32-,33+,39+/m0/s1. The number of allylic oxidation sites excluding steroid dienone is 2. The predicted molar refractivity (Wildman–Crippen MR) is 194 cm³/mol. The third-order valence-electron chi connectivity index (χ3n) is 11.2. The zero-order valence-electron chi connectivity index (χ0n) is 28.2. The second-order valence-electron chi connectivity index (χ2n) is 13.7. The molecule has 274 valence electrons. The Morgan fingerprint density at radius 1 is 0.944 bits per heavy atom. The highest BCUT2D eigenvalue weighted by atomic mass is 35.5. The molecule has 2 N–H and O–H groups in total. The van der Waals surface area contributed by atoms with Gasteiger partial charge in [0.25, 0.3) is 17.5 Å². The van der Waals surface area contributed by atoms with Crippen LogP contribution in [0.5, 0.6) is 11.5 Å². The summed E-state index contributed by atoms with van der Waals surface area (Å²) in [5.74, 6) is -8.79. The number of methoxy groups -OCH3 is 1. The van der Waals surface area contributed by atoms with Gasteiger partial charge in [-0.3, -0.25) is 39.6 Å². The van der Waals surface area contributed by atoms with Crippen LogP contribution in [0, 0.1) is 39.6 Å². The number of hydrogen-bond acceptors (Lipinski definition) is 9. The van der Waals surface area contributed by atoms with Crippen molar-refractivity contribution in [2.24, 2.45) is 23.7 Å². The van der Waals surface area contributed by atoms with E-state index in [2.05, 4.69) is 5.43 Å². The highest BCUT2D eigenvalue weighted by Crippen LogP contribution is 2.65. The van der Waals surface area contributed by atoms with Crippen LogP contribution < -0.4 is 15.1 Å². The molecule has 4 aliphatic rings. The molecule has 1 saturated carbocycles. The molecule has 3 fully saturated rings. The van der Waals surface area contributed by atoms with Crippen LogP contribution in [-0.2, 0) is 24.6 Å². The van der Waals surface area contributed by atoms with E-state index in [0.717, 1.165) is 16.0 Å². The number of nitrogens with zero attached hydrogens (tertiary/aromatic N) is 3. The molecule has 2 aliphatic carbocycles. The number of non-ortho nitro benzene ring substituents is 1. The van der Waals surface area contributed by atoms with Gasteiger partial charge in [-0.2, -0.15) is 5.01 Å². The van der Waals surface area contributed by atoms with Gasteiger partial charge in [0.15, 0.2) is 11.6 Å². The molecule has 2 saturated heterocycles. The number of fused-ring (bicyclic) bond motifs is 4. The average Bonchev–Trinajstić information content (AvgIpc) is 3.54. The molecule has 2 heterocycles. The van der Waals surface area contributed by atoms with Crippen LogP contribution in [0.1, 0.15) is 29.9 Å². The second kappa shape index (κ2) is 13.0. The molecule has 54 heavy (non-hydrogen) atoms. The molecule has 0 bridgehead atoms. The minimum absolute atomic E-state index is 0.0155. The maximum atomic E-state index is 15.4. The number of carbonyl (C=O) groups is 4. The summed E-state index contributed by atoms with van der Waals surface area (Å²) < 4.78 is 20.7. The predicted octanol–water partition coefficient (Wildman–Crippen LogP) is 6.94. The summed E-state index contributed by atoms with van der Waals surface area (Å²) in [5, 5.41) is 24.0. The van der Waals surface area contributed by atoms with Gasteiger partial charge in [0.2, 0.25) is 11.8 Å². The SMILES string of the molecule is COc1ccc([C@@]23C(=O)N(Nc4ccc(Cl)cc4Cl)C(=O)[C@@H]2C[C@@H]2C(=CC[C@@H]4C(=O)N(c5ccc([N+](=O)[O-])cc5)C(=O)[C@@H]42)[C@@H]3c2cccc(F)c2O)cc1. The van der Waals surface area contributed by atoms with Gasteiger partial charge in [-0.15, -0.1) is 0 Å². The number of phenolic OH excluding ortho intramolecular Hbond substituents is 1. The van der Waals surface area contributed by atoms with Gasteiger partial charge >= 0.3 is 0 Å². The zero-order valence-corrected chi connectivity index (χ0v) is 29.8. The van der Waals surface area contributed by atoms with E-state index in [1.807, 2.05) is 0 Å². The molecule has 0 aromatic heterocycles. The van der Waals surface area contributed by atoms with Crippen LogP contribution in [-0.4, -0.2) is 45.8 Å². The number of rotatable bonds is 7. The molecule has 4 aromatic rings. The number of phenols is 1. The van der Waals surface area contributed by atoms with Gasteiger partial charge in [-0.1, -0.05) is 59.1 Å². The minimum Gasteiger partial charge on any atom is -0.505 e. The van der Waals surface area contributed by atoms with Crippen LogP contribution in [0.2, 0.25) is 10.0 Å². The lowest BCUT2D eigenvalue weighted by molar-refractivity contribution is -0.384. The number of hydrogen-bond donors (Lipinski definition) is 2. The van der Waals surface area contributed by atoms with E-state index in [0.29, 0.717) is 21.9 Å². The fourth-order valence-corrected chi connectivity index (χ4v) is 9.38. The molecule has 8 rings (SSSR count). The van der Waals surface area contributed by atoms with Crippen LogP contribution in [0.25, 0.3) is 0 Å². The molecule has 6 atom stereocenters. The summed E-state index contributed by atoms with van der Waals surface area (Å²) in [5.41, 5.74) is 2.07. The van der Waals surface area contributed by atoms with Crippen molar-refractivity contribution in [2.45, 2.75) is 24.2 Å². The summed E-state index contributed by atoms with van der Waals surface area (Å²) in [4.78, 5) is 70.2. The largest absolute Gasteiger partial charge is 0.505 e. The Morgan fingerprint density at radius 3 is 2.33 bits per heavy atom.